The van der Waals surface area contributed by atoms with Gasteiger partial charge in [0.15, 0.2) is 25.9 Å². The molecule has 0 atom stereocenters. The van der Waals surface area contributed by atoms with Crippen molar-refractivity contribution in [1.82, 2.24) is 0 Å². The van der Waals surface area contributed by atoms with E-state index in [-0.39, 0.29) is 10.9 Å². The average molecular weight is 374 g/mol. The van der Waals surface area contributed by atoms with Crippen LogP contribution in [0.4, 0.5) is 17.3 Å². The second-order valence-electron chi connectivity index (χ2n) is 5.02. The minimum atomic E-state index is -6.00. The van der Waals surface area contributed by atoms with Crippen LogP contribution in [-0.4, -0.2) is 7.25 Å². The molecule has 0 aromatic heterocycles. The van der Waals surface area contributed by atoms with Crippen LogP contribution in [0.1, 0.15) is 5.56 Å². The number of halogens is 4. The molecule has 0 fully saturated rings. The smallest absolute Gasteiger partial charge is 0.418 e. The van der Waals surface area contributed by atoms with Crippen LogP contribution >= 0.6 is 0 Å². The third-order valence-electron chi connectivity index (χ3n) is 3.03. The van der Waals surface area contributed by atoms with Crippen molar-refractivity contribution >= 4 is 18.1 Å². The molecule has 0 radical (unpaired) electrons. The van der Waals surface area contributed by atoms with Gasteiger partial charge in [0.1, 0.15) is 0 Å². The van der Waals surface area contributed by atoms with E-state index in [0.29, 0.717) is 0 Å². The van der Waals surface area contributed by atoms with Crippen LogP contribution in [0.15, 0.2) is 101 Å². The third-order valence-corrected chi connectivity index (χ3v) is 4.82. The second-order valence-corrected chi connectivity index (χ2v) is 6.78. The van der Waals surface area contributed by atoms with Crippen molar-refractivity contribution in [2.75, 3.05) is 0 Å². The Morgan fingerprint density at radius 3 is 1.31 bits per heavy atom. The lowest BCUT2D eigenvalue weighted by atomic mass is 10.2. The van der Waals surface area contributed by atoms with E-state index in [4.69, 9.17) is 0 Å². The molecule has 0 bridgehead atoms. The van der Waals surface area contributed by atoms with Gasteiger partial charge in [-0.1, -0.05) is 54.6 Å². The SMILES string of the molecule is C(#C[S+](c1ccccc1)c1ccccc1)c1ccccc1.F[B-](F)(F)F. The fourth-order valence-corrected chi connectivity index (χ4v) is 3.58. The molecule has 0 N–H and O–H groups in total. The van der Waals surface area contributed by atoms with E-state index in [1.54, 1.807) is 0 Å². The Morgan fingerprint density at radius 2 is 0.923 bits per heavy atom. The van der Waals surface area contributed by atoms with Gasteiger partial charge in [0.25, 0.3) is 0 Å². The van der Waals surface area contributed by atoms with Gasteiger partial charge in [0.05, 0.1) is 0 Å². The predicted molar refractivity (Wildman–Crippen MR) is 100 cm³/mol. The van der Waals surface area contributed by atoms with Crippen LogP contribution in [0, 0.1) is 11.2 Å². The summed E-state index contributed by atoms with van der Waals surface area (Å²) in [5.74, 6) is 3.30. The van der Waals surface area contributed by atoms with Crippen LogP contribution in [0.2, 0.25) is 0 Å². The molecule has 26 heavy (non-hydrogen) atoms. The van der Waals surface area contributed by atoms with Crippen molar-refractivity contribution in [3.05, 3.63) is 96.6 Å². The highest BCUT2D eigenvalue weighted by Crippen LogP contribution is 2.22. The maximum atomic E-state index is 9.75. The summed E-state index contributed by atoms with van der Waals surface area (Å²) < 4.78 is 39.0. The van der Waals surface area contributed by atoms with E-state index in [2.05, 4.69) is 59.7 Å². The first-order valence-corrected chi connectivity index (χ1v) is 8.94. The molecule has 0 saturated carbocycles. The lowest BCUT2D eigenvalue weighted by Crippen LogP contribution is -2.02. The molecule has 3 aromatic rings. The van der Waals surface area contributed by atoms with Gasteiger partial charge in [-0.25, -0.2) is 0 Å². The van der Waals surface area contributed by atoms with Gasteiger partial charge in [-0.15, -0.1) is 0 Å². The Kier molecular flexibility index (Phi) is 7.37. The third kappa shape index (κ3) is 7.50. The highest BCUT2D eigenvalue weighted by molar-refractivity contribution is 8.01. The van der Waals surface area contributed by atoms with Gasteiger partial charge in [0, 0.05) is 5.56 Å². The van der Waals surface area contributed by atoms with Crippen LogP contribution in [0.5, 0.6) is 0 Å². The molecule has 3 aromatic carbocycles. The van der Waals surface area contributed by atoms with Gasteiger partial charge in [-0.05, 0) is 42.3 Å². The summed E-state index contributed by atoms with van der Waals surface area (Å²) in [6.07, 6.45) is 0. The van der Waals surface area contributed by atoms with E-state index in [1.165, 1.54) is 9.79 Å². The van der Waals surface area contributed by atoms with Crippen molar-refractivity contribution in [3.63, 3.8) is 0 Å². The molecule has 0 aliphatic heterocycles. The minimum absolute atomic E-state index is 0.213. The summed E-state index contributed by atoms with van der Waals surface area (Å²) in [7, 11) is -6.21. The maximum Gasteiger partial charge on any atom is 0.673 e. The van der Waals surface area contributed by atoms with E-state index < -0.39 is 7.25 Å². The molecule has 3 rings (SSSR count). The summed E-state index contributed by atoms with van der Waals surface area (Å²) in [5, 5.41) is 3.45. The molecule has 6 heteroatoms. The van der Waals surface area contributed by atoms with E-state index in [1.807, 2.05) is 42.5 Å². The summed E-state index contributed by atoms with van der Waals surface area (Å²) in [6.45, 7) is 0. The Morgan fingerprint density at radius 1 is 0.577 bits per heavy atom. The van der Waals surface area contributed by atoms with Gasteiger partial charge in [-0.3, -0.25) is 0 Å². The summed E-state index contributed by atoms with van der Waals surface area (Å²) in [5.41, 5.74) is 1.06. The maximum absolute atomic E-state index is 9.75. The first-order chi connectivity index (χ1) is 12.4. The zero-order chi connectivity index (χ0) is 18.8. The van der Waals surface area contributed by atoms with Gasteiger partial charge in [-0.2, -0.15) is 0 Å². The second kappa shape index (κ2) is 9.74. The molecule has 0 heterocycles. The van der Waals surface area contributed by atoms with Crippen LogP contribution in [0.25, 0.3) is 0 Å². The molecule has 132 valence electrons. The molecule has 0 aliphatic carbocycles. The van der Waals surface area contributed by atoms with Crippen molar-refractivity contribution < 1.29 is 17.3 Å². The first kappa shape index (κ1) is 19.7. The standard InChI is InChI=1S/C20H15S.BF4/c1-4-10-18(11-5-1)16-17-21(19-12-6-2-7-13-19)20-14-8-3-9-15-20;2-1(3,4)5/h1-15H;/q+1;-1. The Bertz CT molecular complexity index is 795. The van der Waals surface area contributed by atoms with Crippen molar-refractivity contribution in [2.24, 2.45) is 0 Å². The number of rotatable bonds is 2. The topological polar surface area (TPSA) is 0 Å². The van der Waals surface area contributed by atoms with E-state index in [9.17, 15) is 17.3 Å². The van der Waals surface area contributed by atoms with Crippen molar-refractivity contribution in [3.8, 4) is 11.2 Å². The largest absolute Gasteiger partial charge is 0.673 e. The first-order valence-electron chi connectivity index (χ1n) is 7.72. The number of benzene rings is 3. The minimum Gasteiger partial charge on any atom is -0.418 e. The summed E-state index contributed by atoms with van der Waals surface area (Å²) in [4.78, 5) is 2.51. The highest BCUT2D eigenvalue weighted by Gasteiger charge is 2.23. The quantitative estimate of drug-likeness (QED) is 0.222. The highest BCUT2D eigenvalue weighted by atomic mass is 32.2. The van der Waals surface area contributed by atoms with Crippen LogP contribution in [0.3, 0.4) is 0 Å². The zero-order valence-electron chi connectivity index (χ0n) is 13.7. The monoisotopic (exact) mass is 374 g/mol. The fraction of sp³-hybridized carbons (Fsp3) is 0. The lowest BCUT2D eigenvalue weighted by molar-refractivity contribution is 0.368. The molecule has 0 nitrogen and oxygen atoms in total. The van der Waals surface area contributed by atoms with E-state index in [0.717, 1.165) is 5.56 Å². The molecular formula is C20H15BF4S. The normalized spacial score (nSPS) is 10.3. The Hall–Kier alpha value is -2.65. The van der Waals surface area contributed by atoms with Gasteiger partial charge >= 0.3 is 7.25 Å². The number of hydrogen-bond donors (Lipinski definition) is 0. The zero-order valence-corrected chi connectivity index (χ0v) is 14.5. The van der Waals surface area contributed by atoms with Crippen molar-refractivity contribution in [1.29, 1.82) is 0 Å². The molecule has 0 unspecified atom stereocenters. The molecule has 0 saturated heterocycles. The summed E-state index contributed by atoms with van der Waals surface area (Å²) >= 11 is 0. The lowest BCUT2D eigenvalue weighted by Gasteiger charge is -1.99. The predicted octanol–water partition coefficient (Wildman–Crippen LogP) is 6.03. The Labute approximate surface area is 153 Å². The molecule has 0 amide bonds. The van der Waals surface area contributed by atoms with Crippen LogP contribution < -0.4 is 0 Å². The van der Waals surface area contributed by atoms with Gasteiger partial charge < -0.3 is 17.3 Å². The van der Waals surface area contributed by atoms with Crippen molar-refractivity contribution in [2.45, 2.75) is 9.79 Å². The fourth-order valence-electron chi connectivity index (χ4n) is 2.00. The van der Waals surface area contributed by atoms with Gasteiger partial charge in [0.2, 0.25) is 0 Å². The number of hydrogen-bond acceptors (Lipinski definition) is 0. The molecule has 0 spiro atoms. The Balaban J connectivity index is 0.000000431. The molecular weight excluding hydrogens is 359 g/mol. The van der Waals surface area contributed by atoms with Crippen LogP contribution in [-0.2, 0) is 10.9 Å². The summed E-state index contributed by atoms with van der Waals surface area (Å²) in [6, 6.07) is 31.1. The van der Waals surface area contributed by atoms with E-state index >= 15 is 0 Å². The average Bonchev–Trinajstić information content (AvgIpc) is 2.63. The molecule has 0 aliphatic rings.